The topological polar surface area (TPSA) is 63.4 Å². The lowest BCUT2D eigenvalue weighted by Crippen LogP contribution is -2.40. The second-order valence-electron chi connectivity index (χ2n) is 7.89. The van der Waals surface area contributed by atoms with E-state index in [9.17, 15) is 9.59 Å². The SMILES string of the molecule is CC(C)C(C)N1CCc2c(sc(CC(=O)Cc3ccc(Cl)cc3)c2C(N)=O)C1. The number of hydrogen-bond donors (Lipinski definition) is 1. The monoisotopic (exact) mass is 418 g/mol. The van der Waals surface area contributed by atoms with Gasteiger partial charge in [0, 0.05) is 46.7 Å². The Bertz CT molecular complexity index is 873. The molecular weight excluding hydrogens is 392 g/mol. The van der Waals surface area contributed by atoms with Crippen molar-refractivity contribution in [2.45, 2.75) is 52.6 Å². The fourth-order valence-corrected chi connectivity index (χ4v) is 5.27. The molecule has 1 aliphatic heterocycles. The molecule has 150 valence electrons. The first kappa shape index (κ1) is 21.0. The summed E-state index contributed by atoms with van der Waals surface area (Å²) in [6.45, 7) is 8.44. The van der Waals surface area contributed by atoms with Gasteiger partial charge in [-0.3, -0.25) is 14.5 Å². The Morgan fingerprint density at radius 3 is 2.46 bits per heavy atom. The average molecular weight is 419 g/mol. The van der Waals surface area contributed by atoms with E-state index in [4.69, 9.17) is 17.3 Å². The predicted molar refractivity (Wildman–Crippen MR) is 115 cm³/mol. The van der Waals surface area contributed by atoms with E-state index in [0.717, 1.165) is 35.5 Å². The van der Waals surface area contributed by atoms with Crippen LogP contribution in [-0.4, -0.2) is 29.2 Å². The zero-order valence-corrected chi connectivity index (χ0v) is 18.2. The molecule has 0 saturated heterocycles. The van der Waals surface area contributed by atoms with Crippen molar-refractivity contribution in [2.75, 3.05) is 6.54 Å². The van der Waals surface area contributed by atoms with Crippen LogP contribution < -0.4 is 5.73 Å². The molecule has 0 fully saturated rings. The summed E-state index contributed by atoms with van der Waals surface area (Å²) in [4.78, 5) is 29.2. The summed E-state index contributed by atoms with van der Waals surface area (Å²) in [7, 11) is 0. The molecule has 1 aromatic heterocycles. The maximum absolute atomic E-state index is 12.6. The number of carbonyl (C=O) groups is 2. The second-order valence-corrected chi connectivity index (χ2v) is 9.52. The first-order chi connectivity index (χ1) is 13.3. The number of hydrogen-bond acceptors (Lipinski definition) is 4. The molecule has 0 bridgehead atoms. The van der Waals surface area contributed by atoms with Crippen molar-refractivity contribution in [1.29, 1.82) is 0 Å². The van der Waals surface area contributed by atoms with E-state index < -0.39 is 5.91 Å². The molecule has 3 rings (SSSR count). The average Bonchev–Trinajstić information content (AvgIpc) is 2.99. The number of benzene rings is 1. The minimum Gasteiger partial charge on any atom is -0.366 e. The molecule has 0 saturated carbocycles. The number of fused-ring (bicyclic) bond motifs is 1. The maximum Gasteiger partial charge on any atom is 0.250 e. The van der Waals surface area contributed by atoms with E-state index in [1.54, 1.807) is 23.5 Å². The number of amides is 1. The summed E-state index contributed by atoms with van der Waals surface area (Å²) in [5.41, 5.74) is 8.26. The van der Waals surface area contributed by atoms with Crippen LogP contribution in [0.2, 0.25) is 5.02 Å². The zero-order chi connectivity index (χ0) is 20.4. The third-order valence-electron chi connectivity index (χ3n) is 5.62. The molecular formula is C22H27ClN2O2S. The summed E-state index contributed by atoms with van der Waals surface area (Å²) >= 11 is 7.49. The number of nitrogens with zero attached hydrogens (tertiary/aromatic N) is 1. The molecule has 1 atom stereocenters. The zero-order valence-electron chi connectivity index (χ0n) is 16.6. The first-order valence-corrected chi connectivity index (χ1v) is 10.9. The van der Waals surface area contributed by atoms with Crippen molar-refractivity contribution in [2.24, 2.45) is 11.7 Å². The molecule has 6 heteroatoms. The number of primary amides is 1. The van der Waals surface area contributed by atoms with Crippen LogP contribution in [0.3, 0.4) is 0 Å². The fraction of sp³-hybridized carbons (Fsp3) is 0.455. The number of ketones is 1. The van der Waals surface area contributed by atoms with Gasteiger partial charge in [0.2, 0.25) is 5.91 Å². The normalized spacial score (nSPS) is 15.5. The largest absolute Gasteiger partial charge is 0.366 e. The third kappa shape index (κ3) is 4.65. The minimum atomic E-state index is -0.419. The van der Waals surface area contributed by atoms with E-state index in [-0.39, 0.29) is 12.2 Å². The first-order valence-electron chi connectivity index (χ1n) is 9.69. The number of Topliss-reactive ketones (excluding diaryl/α,β-unsaturated/α-hetero) is 1. The Balaban J connectivity index is 1.79. The van der Waals surface area contributed by atoms with Crippen LogP contribution in [-0.2, 0) is 30.6 Å². The van der Waals surface area contributed by atoms with Crippen molar-refractivity contribution in [1.82, 2.24) is 4.90 Å². The molecule has 1 unspecified atom stereocenters. The van der Waals surface area contributed by atoms with Crippen LogP contribution in [0.5, 0.6) is 0 Å². The van der Waals surface area contributed by atoms with Gasteiger partial charge in [-0.1, -0.05) is 37.6 Å². The predicted octanol–water partition coefficient (Wildman–Crippen LogP) is 4.26. The molecule has 4 nitrogen and oxygen atoms in total. The molecule has 1 amide bonds. The Morgan fingerprint density at radius 1 is 1.18 bits per heavy atom. The summed E-state index contributed by atoms with van der Waals surface area (Å²) in [6, 6.07) is 7.77. The van der Waals surface area contributed by atoms with Crippen LogP contribution in [0.4, 0.5) is 0 Å². The van der Waals surface area contributed by atoms with Crippen molar-refractivity contribution >= 4 is 34.6 Å². The summed E-state index contributed by atoms with van der Waals surface area (Å²) in [5, 5.41) is 0.651. The van der Waals surface area contributed by atoms with Crippen LogP contribution in [0.1, 0.15) is 52.0 Å². The lowest BCUT2D eigenvalue weighted by atomic mass is 9.96. The van der Waals surface area contributed by atoms with Gasteiger partial charge in [-0.25, -0.2) is 0 Å². The molecule has 2 N–H and O–H groups in total. The fourth-order valence-electron chi connectivity index (χ4n) is 3.73. The molecule has 28 heavy (non-hydrogen) atoms. The van der Waals surface area contributed by atoms with Gasteiger partial charge in [-0.15, -0.1) is 11.3 Å². The summed E-state index contributed by atoms with van der Waals surface area (Å²) in [5.74, 6) is 0.227. The van der Waals surface area contributed by atoms with Gasteiger partial charge in [0.25, 0.3) is 0 Å². The minimum absolute atomic E-state index is 0.0795. The quantitative estimate of drug-likeness (QED) is 0.730. The van der Waals surface area contributed by atoms with Crippen molar-refractivity contribution in [3.05, 3.63) is 55.7 Å². The highest BCUT2D eigenvalue weighted by Gasteiger charge is 2.29. The van der Waals surface area contributed by atoms with Crippen molar-refractivity contribution in [3.63, 3.8) is 0 Å². The van der Waals surface area contributed by atoms with E-state index in [1.807, 2.05) is 12.1 Å². The number of halogens is 1. The number of carbonyl (C=O) groups excluding carboxylic acids is 2. The van der Waals surface area contributed by atoms with Gasteiger partial charge in [0.05, 0.1) is 5.56 Å². The van der Waals surface area contributed by atoms with Gasteiger partial charge < -0.3 is 5.73 Å². The summed E-state index contributed by atoms with van der Waals surface area (Å²) < 4.78 is 0. The standard InChI is InChI=1S/C22H27ClN2O2S/c1-13(2)14(3)25-9-8-18-20(12-25)28-19(21(18)22(24)27)11-17(26)10-15-4-6-16(23)7-5-15/h4-7,13-14H,8-12H2,1-3H3,(H2,24,27). The maximum atomic E-state index is 12.6. The Kier molecular flexibility index (Phi) is 6.58. The van der Waals surface area contributed by atoms with Gasteiger partial charge in [0.15, 0.2) is 0 Å². The molecule has 2 aromatic rings. The Hall–Kier alpha value is -1.69. The Labute approximate surface area is 175 Å². The van der Waals surface area contributed by atoms with Crippen molar-refractivity contribution < 1.29 is 9.59 Å². The van der Waals surface area contributed by atoms with Gasteiger partial charge in [-0.05, 0) is 42.5 Å². The van der Waals surface area contributed by atoms with E-state index in [1.165, 1.54) is 4.88 Å². The second kappa shape index (κ2) is 8.76. The van der Waals surface area contributed by atoms with Gasteiger partial charge in [0.1, 0.15) is 5.78 Å². The third-order valence-corrected chi connectivity index (χ3v) is 7.09. The van der Waals surface area contributed by atoms with Crippen LogP contribution in [0.25, 0.3) is 0 Å². The van der Waals surface area contributed by atoms with Crippen LogP contribution >= 0.6 is 22.9 Å². The van der Waals surface area contributed by atoms with Gasteiger partial charge >= 0.3 is 0 Å². The van der Waals surface area contributed by atoms with E-state index in [0.29, 0.717) is 29.0 Å². The highest BCUT2D eigenvalue weighted by atomic mass is 35.5. The molecule has 0 spiro atoms. The Morgan fingerprint density at radius 2 is 1.86 bits per heavy atom. The lowest BCUT2D eigenvalue weighted by Gasteiger charge is -2.34. The van der Waals surface area contributed by atoms with Gasteiger partial charge in [-0.2, -0.15) is 0 Å². The van der Waals surface area contributed by atoms with Crippen LogP contribution in [0, 0.1) is 5.92 Å². The number of nitrogens with two attached hydrogens (primary N) is 1. The molecule has 1 aliphatic rings. The molecule has 2 heterocycles. The molecule has 1 aromatic carbocycles. The smallest absolute Gasteiger partial charge is 0.250 e. The lowest BCUT2D eigenvalue weighted by molar-refractivity contribution is -0.117. The number of rotatable bonds is 7. The van der Waals surface area contributed by atoms with Crippen molar-refractivity contribution in [3.8, 4) is 0 Å². The highest BCUT2D eigenvalue weighted by molar-refractivity contribution is 7.12. The molecule has 0 aliphatic carbocycles. The number of thiophene rings is 1. The van der Waals surface area contributed by atoms with E-state index in [2.05, 4.69) is 25.7 Å². The summed E-state index contributed by atoms with van der Waals surface area (Å²) in [6.07, 6.45) is 1.39. The van der Waals surface area contributed by atoms with Crippen LogP contribution in [0.15, 0.2) is 24.3 Å². The molecule has 0 radical (unpaired) electrons. The highest BCUT2D eigenvalue weighted by Crippen LogP contribution is 2.35. The van der Waals surface area contributed by atoms with E-state index >= 15 is 0 Å².